The average molecular weight is 552 g/mol. The molecule has 6 heteroatoms. The van der Waals surface area contributed by atoms with Gasteiger partial charge in [-0.3, -0.25) is 14.4 Å². The van der Waals surface area contributed by atoms with Gasteiger partial charge in [0.15, 0.2) is 5.78 Å². The third-order valence-corrected chi connectivity index (χ3v) is 8.11. The number of hydrogen-bond acceptors (Lipinski definition) is 3. The third kappa shape index (κ3) is 7.55. The Bertz CT molecular complexity index is 1250. The number of ketones is 2. The number of rotatable bonds is 11. The van der Waals surface area contributed by atoms with Gasteiger partial charge in [-0.1, -0.05) is 77.8 Å². The van der Waals surface area contributed by atoms with Crippen LogP contribution in [0.4, 0.5) is 0 Å². The topological polar surface area (TPSA) is 71.4 Å². The molecule has 0 bridgehead atoms. The van der Waals surface area contributed by atoms with Crippen molar-refractivity contribution in [1.82, 2.24) is 0 Å². The van der Waals surface area contributed by atoms with Gasteiger partial charge in [0.25, 0.3) is 0 Å². The minimum Gasteiger partial charge on any atom is -0.481 e. The highest BCUT2D eigenvalue weighted by Gasteiger charge is 2.24. The van der Waals surface area contributed by atoms with Crippen molar-refractivity contribution in [2.75, 3.05) is 0 Å². The summed E-state index contributed by atoms with van der Waals surface area (Å²) in [6, 6.07) is 20.9. The van der Waals surface area contributed by atoms with Gasteiger partial charge in [-0.25, -0.2) is 0 Å². The highest BCUT2D eigenvalue weighted by Crippen LogP contribution is 2.37. The van der Waals surface area contributed by atoms with Gasteiger partial charge in [0.2, 0.25) is 0 Å². The van der Waals surface area contributed by atoms with Crippen LogP contribution in [-0.4, -0.2) is 22.6 Å². The summed E-state index contributed by atoms with van der Waals surface area (Å²) in [5.74, 6) is 0.187. The Morgan fingerprint density at radius 3 is 2.03 bits per heavy atom. The molecule has 0 unspecified atom stereocenters. The van der Waals surface area contributed by atoms with Crippen LogP contribution < -0.4 is 0 Å². The largest absolute Gasteiger partial charge is 0.481 e. The summed E-state index contributed by atoms with van der Waals surface area (Å²) < 4.78 is 0. The van der Waals surface area contributed by atoms with E-state index in [1.165, 1.54) is 5.56 Å². The van der Waals surface area contributed by atoms with Crippen molar-refractivity contribution >= 4 is 40.7 Å². The van der Waals surface area contributed by atoms with E-state index in [1.807, 2.05) is 24.3 Å². The lowest BCUT2D eigenvalue weighted by atomic mass is 9.77. The molecule has 0 spiro atoms. The van der Waals surface area contributed by atoms with Gasteiger partial charge in [0.05, 0.1) is 0 Å². The van der Waals surface area contributed by atoms with Gasteiger partial charge in [-0.2, -0.15) is 0 Å². The SMILES string of the molecule is O=C(O)CC1CCC(c2ccc(CC(=O)CCCC(=O)c3ccc(-c4c(Cl)cccc4Cl)cc3)cc2)CC1. The van der Waals surface area contributed by atoms with Crippen LogP contribution in [0.1, 0.15) is 78.8 Å². The highest BCUT2D eigenvalue weighted by molar-refractivity contribution is 6.39. The molecule has 3 aromatic rings. The minimum absolute atomic E-state index is 0.0111. The van der Waals surface area contributed by atoms with Crippen LogP contribution in [0, 0.1) is 5.92 Å². The van der Waals surface area contributed by atoms with Gasteiger partial charge in [-0.15, -0.1) is 0 Å². The van der Waals surface area contributed by atoms with Crippen molar-refractivity contribution in [1.29, 1.82) is 0 Å². The van der Waals surface area contributed by atoms with E-state index in [4.69, 9.17) is 28.3 Å². The number of carboxylic acids is 1. The zero-order chi connectivity index (χ0) is 27.1. The molecule has 1 aliphatic carbocycles. The predicted octanol–water partition coefficient (Wildman–Crippen LogP) is 8.57. The van der Waals surface area contributed by atoms with E-state index in [9.17, 15) is 14.4 Å². The number of carbonyl (C=O) groups excluding carboxylic acids is 2. The van der Waals surface area contributed by atoms with Crippen molar-refractivity contribution in [3.05, 3.63) is 93.5 Å². The Labute approximate surface area is 234 Å². The molecule has 0 saturated heterocycles. The van der Waals surface area contributed by atoms with Crippen LogP contribution in [0.15, 0.2) is 66.7 Å². The summed E-state index contributed by atoms with van der Waals surface area (Å²) in [6.45, 7) is 0. The van der Waals surface area contributed by atoms with Crippen LogP contribution in [0.3, 0.4) is 0 Å². The number of aliphatic carboxylic acids is 1. The molecule has 0 atom stereocenters. The maximum atomic E-state index is 12.6. The van der Waals surface area contributed by atoms with E-state index >= 15 is 0 Å². The number of halogens is 2. The quantitative estimate of drug-likeness (QED) is 0.242. The van der Waals surface area contributed by atoms with Gasteiger partial charge >= 0.3 is 5.97 Å². The molecule has 1 aliphatic rings. The molecule has 0 amide bonds. The van der Waals surface area contributed by atoms with Crippen LogP contribution >= 0.6 is 23.2 Å². The molecule has 3 aromatic carbocycles. The maximum Gasteiger partial charge on any atom is 0.303 e. The Kier molecular flexibility index (Phi) is 9.76. The van der Waals surface area contributed by atoms with Crippen molar-refractivity contribution in [3.63, 3.8) is 0 Å². The second-order valence-electron chi connectivity index (χ2n) is 10.2. The fraction of sp³-hybridized carbons (Fsp3) is 0.344. The Morgan fingerprint density at radius 2 is 1.42 bits per heavy atom. The lowest BCUT2D eigenvalue weighted by Gasteiger charge is -2.28. The Hall–Kier alpha value is -2.95. The monoisotopic (exact) mass is 550 g/mol. The van der Waals surface area contributed by atoms with Crippen LogP contribution in [-0.2, 0) is 16.0 Å². The van der Waals surface area contributed by atoms with Crippen LogP contribution in [0.5, 0.6) is 0 Å². The van der Waals surface area contributed by atoms with E-state index < -0.39 is 5.97 Å². The van der Waals surface area contributed by atoms with E-state index in [-0.39, 0.29) is 18.0 Å². The van der Waals surface area contributed by atoms with Crippen molar-refractivity contribution in [2.45, 2.75) is 63.7 Å². The Morgan fingerprint density at radius 1 is 0.789 bits per heavy atom. The molecule has 1 saturated carbocycles. The molecule has 0 heterocycles. The number of benzene rings is 3. The first-order valence-electron chi connectivity index (χ1n) is 13.2. The number of hydrogen-bond donors (Lipinski definition) is 1. The number of carboxylic acid groups (broad SMARTS) is 1. The standard InChI is InChI=1S/C32H32Cl2O4/c33-28-4-2-5-29(34)32(28)26-17-15-25(16-18-26)30(36)6-1-3-27(35)19-21-7-11-23(12-8-21)24-13-9-22(10-14-24)20-31(37)38/h2,4-5,7-8,11-12,15-18,22,24H,1,3,6,9-10,13-14,19-20H2,(H,37,38). The Balaban J connectivity index is 1.21. The fourth-order valence-corrected chi connectivity index (χ4v) is 5.97. The molecule has 38 heavy (non-hydrogen) atoms. The summed E-state index contributed by atoms with van der Waals surface area (Å²) >= 11 is 12.6. The second kappa shape index (κ2) is 13.2. The second-order valence-corrected chi connectivity index (χ2v) is 11.0. The predicted molar refractivity (Wildman–Crippen MR) is 152 cm³/mol. The molecular formula is C32H32Cl2O4. The zero-order valence-corrected chi connectivity index (χ0v) is 22.8. The van der Waals surface area contributed by atoms with E-state index in [0.717, 1.165) is 42.4 Å². The molecule has 0 aromatic heterocycles. The molecule has 198 valence electrons. The first-order chi connectivity index (χ1) is 18.3. The minimum atomic E-state index is -0.708. The lowest BCUT2D eigenvalue weighted by Crippen LogP contribution is -2.16. The molecule has 0 aliphatic heterocycles. The van der Waals surface area contributed by atoms with E-state index in [2.05, 4.69) is 12.1 Å². The fourth-order valence-electron chi connectivity index (χ4n) is 5.36. The van der Waals surface area contributed by atoms with Gasteiger partial charge in [0.1, 0.15) is 5.78 Å². The molecule has 0 radical (unpaired) electrons. The van der Waals surface area contributed by atoms with Crippen molar-refractivity contribution in [3.8, 4) is 11.1 Å². The van der Waals surface area contributed by atoms with E-state index in [0.29, 0.717) is 53.1 Å². The highest BCUT2D eigenvalue weighted by atomic mass is 35.5. The molecular weight excluding hydrogens is 519 g/mol. The average Bonchev–Trinajstić information content (AvgIpc) is 2.89. The first kappa shape index (κ1) is 28.1. The first-order valence-corrected chi connectivity index (χ1v) is 14.0. The normalized spacial score (nSPS) is 17.2. The summed E-state index contributed by atoms with van der Waals surface area (Å²) in [5, 5.41) is 10.1. The van der Waals surface area contributed by atoms with Crippen molar-refractivity contribution in [2.24, 2.45) is 5.92 Å². The van der Waals surface area contributed by atoms with Gasteiger partial charge < -0.3 is 5.11 Å². The summed E-state index contributed by atoms with van der Waals surface area (Å²) in [6.07, 6.45) is 5.79. The number of Topliss-reactive ketones (excluding diaryl/α,β-unsaturated/α-hetero) is 2. The maximum absolute atomic E-state index is 12.6. The number of carbonyl (C=O) groups is 3. The summed E-state index contributed by atoms with van der Waals surface area (Å²) in [5.41, 5.74) is 4.46. The molecule has 4 rings (SSSR count). The molecule has 4 nitrogen and oxygen atoms in total. The van der Waals surface area contributed by atoms with Gasteiger partial charge in [-0.05, 0) is 72.8 Å². The molecule has 1 N–H and O–H groups in total. The smallest absolute Gasteiger partial charge is 0.303 e. The molecule has 1 fully saturated rings. The lowest BCUT2D eigenvalue weighted by molar-refractivity contribution is -0.138. The summed E-state index contributed by atoms with van der Waals surface area (Å²) in [7, 11) is 0. The van der Waals surface area contributed by atoms with E-state index in [1.54, 1.807) is 30.3 Å². The zero-order valence-electron chi connectivity index (χ0n) is 21.3. The van der Waals surface area contributed by atoms with Crippen molar-refractivity contribution < 1.29 is 19.5 Å². The third-order valence-electron chi connectivity index (χ3n) is 7.48. The van der Waals surface area contributed by atoms with Gasteiger partial charge in [0, 0.05) is 46.9 Å². The summed E-state index contributed by atoms with van der Waals surface area (Å²) in [4.78, 5) is 36.1. The van der Waals surface area contributed by atoms with Crippen LogP contribution in [0.2, 0.25) is 10.0 Å². The van der Waals surface area contributed by atoms with Crippen LogP contribution in [0.25, 0.3) is 11.1 Å².